The van der Waals surface area contributed by atoms with E-state index in [1.54, 1.807) is 6.07 Å². The van der Waals surface area contributed by atoms with Gasteiger partial charge in [-0.1, -0.05) is 53.0 Å². The molecule has 0 aliphatic rings. The zero-order chi connectivity index (χ0) is 13.1. The lowest BCUT2D eigenvalue weighted by Crippen LogP contribution is -2.02. The lowest BCUT2D eigenvalue weighted by molar-refractivity contribution is 1.11. The Balaban J connectivity index is 2.14. The molecule has 0 aliphatic heterocycles. The van der Waals surface area contributed by atoms with Crippen molar-refractivity contribution in [1.82, 2.24) is 0 Å². The lowest BCUT2D eigenvalue weighted by atomic mass is 10.1. The van der Waals surface area contributed by atoms with Crippen LogP contribution in [0.5, 0.6) is 0 Å². The predicted octanol–water partition coefficient (Wildman–Crippen LogP) is 5.22. The SMILES string of the molecule is Cc1ccc(CNc2cccc(Cl)c2Cl)c(C)c1. The second-order valence-corrected chi connectivity index (χ2v) is 5.17. The van der Waals surface area contributed by atoms with Crippen molar-refractivity contribution in [3.63, 3.8) is 0 Å². The Morgan fingerprint density at radius 3 is 2.56 bits per heavy atom. The van der Waals surface area contributed by atoms with Gasteiger partial charge in [0.15, 0.2) is 0 Å². The molecule has 0 aliphatic carbocycles. The van der Waals surface area contributed by atoms with Gasteiger partial charge in [0.1, 0.15) is 0 Å². The monoisotopic (exact) mass is 279 g/mol. The fourth-order valence-electron chi connectivity index (χ4n) is 1.87. The van der Waals surface area contributed by atoms with Crippen LogP contribution in [-0.4, -0.2) is 0 Å². The summed E-state index contributed by atoms with van der Waals surface area (Å²) in [5.74, 6) is 0. The molecular formula is C15H15Cl2N. The van der Waals surface area contributed by atoms with E-state index in [2.05, 4.69) is 37.4 Å². The molecule has 0 amide bonds. The van der Waals surface area contributed by atoms with Crippen LogP contribution in [0.25, 0.3) is 0 Å². The summed E-state index contributed by atoms with van der Waals surface area (Å²) >= 11 is 12.1. The molecule has 0 bridgehead atoms. The van der Waals surface area contributed by atoms with Gasteiger partial charge >= 0.3 is 0 Å². The quantitative estimate of drug-likeness (QED) is 0.812. The van der Waals surface area contributed by atoms with Gasteiger partial charge in [-0.25, -0.2) is 0 Å². The molecule has 1 N–H and O–H groups in total. The standard InChI is InChI=1S/C15H15Cl2N/c1-10-6-7-12(11(2)8-10)9-18-14-5-3-4-13(16)15(14)17/h3-8,18H,9H2,1-2H3. The first-order valence-electron chi connectivity index (χ1n) is 5.82. The van der Waals surface area contributed by atoms with Crippen molar-refractivity contribution in [2.45, 2.75) is 20.4 Å². The average Bonchev–Trinajstić information content (AvgIpc) is 2.33. The second-order valence-electron chi connectivity index (χ2n) is 4.38. The number of aryl methyl sites for hydroxylation is 2. The van der Waals surface area contributed by atoms with Crippen LogP contribution in [-0.2, 0) is 6.54 Å². The molecule has 2 aromatic carbocycles. The number of hydrogen-bond donors (Lipinski definition) is 1. The molecule has 18 heavy (non-hydrogen) atoms. The van der Waals surface area contributed by atoms with E-state index >= 15 is 0 Å². The van der Waals surface area contributed by atoms with E-state index in [1.807, 2.05) is 12.1 Å². The summed E-state index contributed by atoms with van der Waals surface area (Å²) in [5.41, 5.74) is 4.68. The third-order valence-corrected chi connectivity index (χ3v) is 3.74. The third kappa shape index (κ3) is 2.98. The van der Waals surface area contributed by atoms with E-state index in [1.165, 1.54) is 16.7 Å². The van der Waals surface area contributed by atoms with Gasteiger partial charge in [-0.15, -0.1) is 0 Å². The summed E-state index contributed by atoms with van der Waals surface area (Å²) in [6.45, 7) is 4.95. The number of hydrogen-bond acceptors (Lipinski definition) is 1. The highest BCUT2D eigenvalue weighted by molar-refractivity contribution is 6.43. The summed E-state index contributed by atoms with van der Waals surface area (Å²) in [4.78, 5) is 0. The lowest BCUT2D eigenvalue weighted by Gasteiger charge is -2.11. The maximum absolute atomic E-state index is 6.13. The maximum Gasteiger partial charge on any atom is 0.0823 e. The molecule has 2 rings (SSSR count). The van der Waals surface area contributed by atoms with E-state index in [0.717, 1.165) is 12.2 Å². The van der Waals surface area contributed by atoms with Gasteiger partial charge in [-0.2, -0.15) is 0 Å². The highest BCUT2D eigenvalue weighted by atomic mass is 35.5. The van der Waals surface area contributed by atoms with Crippen LogP contribution in [0, 0.1) is 13.8 Å². The van der Waals surface area contributed by atoms with Gasteiger partial charge in [-0.05, 0) is 37.1 Å². The Hall–Kier alpha value is -1.18. The Morgan fingerprint density at radius 1 is 1.06 bits per heavy atom. The first-order valence-corrected chi connectivity index (χ1v) is 6.57. The number of anilines is 1. The van der Waals surface area contributed by atoms with Gasteiger partial charge in [-0.3, -0.25) is 0 Å². The largest absolute Gasteiger partial charge is 0.380 e. The Labute approximate surface area is 118 Å². The Kier molecular flexibility index (Phi) is 4.15. The molecular weight excluding hydrogens is 265 g/mol. The maximum atomic E-state index is 6.13. The van der Waals surface area contributed by atoms with Crippen molar-refractivity contribution in [2.75, 3.05) is 5.32 Å². The number of halogens is 2. The minimum absolute atomic E-state index is 0.572. The van der Waals surface area contributed by atoms with Crippen LogP contribution in [0.2, 0.25) is 10.0 Å². The minimum atomic E-state index is 0.572. The van der Waals surface area contributed by atoms with Gasteiger partial charge in [0, 0.05) is 6.54 Å². The molecule has 0 saturated carbocycles. The molecule has 0 atom stereocenters. The molecule has 0 aromatic heterocycles. The van der Waals surface area contributed by atoms with Crippen molar-refractivity contribution < 1.29 is 0 Å². The van der Waals surface area contributed by atoms with Gasteiger partial charge in [0.25, 0.3) is 0 Å². The molecule has 2 aromatic rings. The smallest absolute Gasteiger partial charge is 0.0823 e. The van der Waals surface area contributed by atoms with Crippen molar-refractivity contribution in [3.8, 4) is 0 Å². The van der Waals surface area contributed by atoms with Gasteiger partial charge in [0.05, 0.1) is 15.7 Å². The molecule has 0 spiro atoms. The summed E-state index contributed by atoms with van der Waals surface area (Å²) in [6.07, 6.45) is 0. The van der Waals surface area contributed by atoms with Gasteiger partial charge in [0.2, 0.25) is 0 Å². The zero-order valence-electron chi connectivity index (χ0n) is 10.4. The van der Waals surface area contributed by atoms with Crippen molar-refractivity contribution in [2.24, 2.45) is 0 Å². The highest BCUT2D eigenvalue weighted by Crippen LogP contribution is 2.29. The normalized spacial score (nSPS) is 10.4. The van der Waals surface area contributed by atoms with E-state index in [4.69, 9.17) is 23.2 Å². The predicted molar refractivity (Wildman–Crippen MR) is 79.7 cm³/mol. The van der Waals surface area contributed by atoms with Crippen molar-refractivity contribution >= 4 is 28.9 Å². The Bertz CT molecular complexity index is 564. The van der Waals surface area contributed by atoms with Crippen LogP contribution >= 0.6 is 23.2 Å². The Morgan fingerprint density at radius 2 is 1.83 bits per heavy atom. The van der Waals surface area contributed by atoms with E-state index in [-0.39, 0.29) is 0 Å². The van der Waals surface area contributed by atoms with E-state index in [9.17, 15) is 0 Å². The molecule has 3 heteroatoms. The molecule has 0 fully saturated rings. The average molecular weight is 280 g/mol. The summed E-state index contributed by atoms with van der Waals surface area (Å²) in [5, 5.41) is 4.46. The second kappa shape index (κ2) is 5.64. The first-order chi connectivity index (χ1) is 8.58. The molecule has 1 nitrogen and oxygen atoms in total. The summed E-state index contributed by atoms with van der Waals surface area (Å²) in [6, 6.07) is 12.0. The molecule has 94 valence electrons. The molecule has 0 saturated heterocycles. The van der Waals surface area contributed by atoms with Crippen molar-refractivity contribution in [1.29, 1.82) is 0 Å². The van der Waals surface area contributed by atoms with Crippen molar-refractivity contribution in [3.05, 3.63) is 63.1 Å². The van der Waals surface area contributed by atoms with E-state index < -0.39 is 0 Å². The molecule has 0 heterocycles. The van der Waals surface area contributed by atoms with Crippen LogP contribution in [0.1, 0.15) is 16.7 Å². The first kappa shape index (κ1) is 13.3. The van der Waals surface area contributed by atoms with Gasteiger partial charge < -0.3 is 5.32 Å². The fraction of sp³-hybridized carbons (Fsp3) is 0.200. The molecule has 0 radical (unpaired) electrons. The highest BCUT2D eigenvalue weighted by Gasteiger charge is 2.04. The van der Waals surface area contributed by atoms with Crippen LogP contribution in [0.3, 0.4) is 0 Å². The minimum Gasteiger partial charge on any atom is -0.380 e. The van der Waals surface area contributed by atoms with E-state index in [0.29, 0.717) is 10.0 Å². The number of nitrogens with one attached hydrogen (secondary N) is 1. The summed E-state index contributed by atoms with van der Waals surface area (Å²) < 4.78 is 0. The number of benzene rings is 2. The summed E-state index contributed by atoms with van der Waals surface area (Å²) in [7, 11) is 0. The van der Waals surface area contributed by atoms with Crippen LogP contribution in [0.4, 0.5) is 5.69 Å². The van der Waals surface area contributed by atoms with Crippen LogP contribution < -0.4 is 5.32 Å². The fourth-order valence-corrected chi connectivity index (χ4v) is 2.24. The topological polar surface area (TPSA) is 12.0 Å². The molecule has 0 unspecified atom stereocenters. The third-order valence-electron chi connectivity index (χ3n) is 2.92. The zero-order valence-corrected chi connectivity index (χ0v) is 11.9. The number of rotatable bonds is 3. The van der Waals surface area contributed by atoms with Crippen LogP contribution in [0.15, 0.2) is 36.4 Å².